The normalized spacial score (nSPS) is 21.3. The highest BCUT2D eigenvalue weighted by atomic mass is 79.9. The number of benzene rings is 1. The van der Waals surface area contributed by atoms with Gasteiger partial charge in [0.2, 0.25) is 0 Å². The van der Waals surface area contributed by atoms with Crippen LogP contribution < -0.4 is 10.1 Å². The van der Waals surface area contributed by atoms with Gasteiger partial charge in [0.05, 0.1) is 23.3 Å². The highest BCUT2D eigenvalue weighted by Crippen LogP contribution is 2.43. The first-order valence-electron chi connectivity index (χ1n) is 7.89. The van der Waals surface area contributed by atoms with Gasteiger partial charge in [0.15, 0.2) is 0 Å². The molecule has 1 fully saturated rings. The minimum absolute atomic E-state index is 0.0710. The fraction of sp³-hybridized carbons (Fsp3) is 0.353. The van der Waals surface area contributed by atoms with Gasteiger partial charge in [0.25, 0.3) is 0 Å². The molecule has 124 valence electrons. The molecule has 1 saturated heterocycles. The average molecular weight is 389 g/mol. The quantitative estimate of drug-likeness (QED) is 0.853. The van der Waals surface area contributed by atoms with Crippen LogP contribution in [0.3, 0.4) is 0 Å². The Morgan fingerprint density at radius 3 is 3.08 bits per heavy atom. The number of ether oxygens (including phenoxy) is 1. The molecule has 0 radical (unpaired) electrons. The predicted molar refractivity (Wildman–Crippen MR) is 93.1 cm³/mol. The van der Waals surface area contributed by atoms with E-state index in [1.807, 2.05) is 29.3 Å². The molecule has 2 aliphatic rings. The maximum absolute atomic E-state index is 12.8. The maximum Gasteiger partial charge on any atom is 0.322 e. The lowest BCUT2D eigenvalue weighted by atomic mass is 10.00. The molecule has 0 saturated carbocycles. The van der Waals surface area contributed by atoms with E-state index in [1.54, 1.807) is 13.4 Å². The molecule has 1 N–H and O–H groups in total. The summed E-state index contributed by atoms with van der Waals surface area (Å²) in [6, 6.07) is 5.72. The van der Waals surface area contributed by atoms with Crippen molar-refractivity contribution in [1.82, 2.24) is 14.9 Å². The lowest BCUT2D eigenvalue weighted by Crippen LogP contribution is -2.44. The number of hydrogen-bond donors (Lipinski definition) is 1. The zero-order chi connectivity index (χ0) is 16.7. The number of carbonyl (C=O) groups is 1. The number of rotatable bonds is 2. The average Bonchev–Trinajstić information content (AvgIpc) is 2.90. The van der Waals surface area contributed by atoms with E-state index in [1.165, 1.54) is 0 Å². The topological polar surface area (TPSA) is 67.3 Å². The third kappa shape index (κ3) is 2.53. The Morgan fingerprint density at radius 1 is 1.42 bits per heavy atom. The summed E-state index contributed by atoms with van der Waals surface area (Å²) >= 11 is 3.44. The summed E-state index contributed by atoms with van der Waals surface area (Å²) in [7, 11) is 1.61. The molecule has 2 bridgehead atoms. The summed E-state index contributed by atoms with van der Waals surface area (Å²) in [6.07, 6.45) is 6.20. The highest BCUT2D eigenvalue weighted by molar-refractivity contribution is 9.10. The van der Waals surface area contributed by atoms with Crippen molar-refractivity contribution in [2.45, 2.75) is 31.3 Å². The van der Waals surface area contributed by atoms with Crippen LogP contribution in [0.2, 0.25) is 0 Å². The Bertz CT molecular complexity index is 798. The van der Waals surface area contributed by atoms with Crippen LogP contribution in [0.4, 0.5) is 10.5 Å². The van der Waals surface area contributed by atoms with Crippen LogP contribution >= 0.6 is 15.9 Å². The zero-order valence-electron chi connectivity index (χ0n) is 13.2. The van der Waals surface area contributed by atoms with Gasteiger partial charge < -0.3 is 15.0 Å². The van der Waals surface area contributed by atoms with E-state index in [4.69, 9.17) is 4.74 Å². The van der Waals surface area contributed by atoms with Gasteiger partial charge in [-0.3, -0.25) is 0 Å². The molecule has 6 nitrogen and oxygen atoms in total. The van der Waals surface area contributed by atoms with E-state index in [2.05, 4.69) is 31.2 Å². The summed E-state index contributed by atoms with van der Waals surface area (Å²) in [5.41, 5.74) is 2.90. The number of urea groups is 1. The van der Waals surface area contributed by atoms with Crippen molar-refractivity contribution < 1.29 is 9.53 Å². The number of methoxy groups -OCH3 is 1. The summed E-state index contributed by atoms with van der Waals surface area (Å²) < 4.78 is 6.03. The van der Waals surface area contributed by atoms with Crippen LogP contribution in [0.25, 0.3) is 0 Å². The van der Waals surface area contributed by atoms with E-state index in [-0.39, 0.29) is 18.1 Å². The SMILES string of the molecule is COc1ccc(NC(=O)N2C3CCC2c2cncnc2C3)cc1Br. The molecule has 0 spiro atoms. The molecule has 2 aliphatic heterocycles. The number of carbonyl (C=O) groups excluding carboxylic acids is 1. The van der Waals surface area contributed by atoms with Crippen LogP contribution in [-0.2, 0) is 6.42 Å². The molecular formula is C17H17BrN4O2. The van der Waals surface area contributed by atoms with Crippen LogP contribution in [0, 0.1) is 0 Å². The number of anilines is 1. The van der Waals surface area contributed by atoms with Crippen LogP contribution in [0.5, 0.6) is 5.75 Å². The Kier molecular flexibility index (Phi) is 3.88. The number of aromatic nitrogens is 2. The number of fused-ring (bicyclic) bond motifs is 4. The number of nitrogens with one attached hydrogen (secondary N) is 1. The third-order valence-corrected chi connectivity index (χ3v) is 5.37. The first-order chi connectivity index (χ1) is 11.7. The summed E-state index contributed by atoms with van der Waals surface area (Å²) in [5, 5.41) is 3.00. The Morgan fingerprint density at radius 2 is 2.29 bits per heavy atom. The van der Waals surface area contributed by atoms with E-state index in [0.29, 0.717) is 0 Å². The summed E-state index contributed by atoms with van der Waals surface area (Å²) in [5.74, 6) is 0.733. The second kappa shape index (κ2) is 6.05. The molecule has 3 heterocycles. The van der Waals surface area contributed by atoms with Crippen LogP contribution in [0.15, 0.2) is 35.2 Å². The Labute approximate surface area is 148 Å². The minimum Gasteiger partial charge on any atom is -0.496 e. The summed E-state index contributed by atoms with van der Waals surface area (Å²) in [4.78, 5) is 23.3. The zero-order valence-corrected chi connectivity index (χ0v) is 14.8. The minimum atomic E-state index is -0.0749. The van der Waals surface area contributed by atoms with Gasteiger partial charge >= 0.3 is 6.03 Å². The molecule has 1 aromatic carbocycles. The second-order valence-corrected chi connectivity index (χ2v) is 6.92. The van der Waals surface area contributed by atoms with E-state index in [9.17, 15) is 4.79 Å². The van der Waals surface area contributed by atoms with Crippen molar-refractivity contribution in [3.8, 4) is 5.75 Å². The maximum atomic E-state index is 12.8. The van der Waals surface area contributed by atoms with E-state index < -0.39 is 0 Å². The lowest BCUT2D eigenvalue weighted by molar-refractivity contribution is 0.178. The van der Waals surface area contributed by atoms with Crippen molar-refractivity contribution in [3.05, 3.63) is 46.5 Å². The summed E-state index contributed by atoms with van der Waals surface area (Å²) in [6.45, 7) is 0. The fourth-order valence-electron chi connectivity index (χ4n) is 3.67. The van der Waals surface area contributed by atoms with Crippen molar-refractivity contribution in [2.24, 2.45) is 0 Å². The molecular weight excluding hydrogens is 372 g/mol. The smallest absolute Gasteiger partial charge is 0.322 e. The second-order valence-electron chi connectivity index (χ2n) is 6.06. The number of nitrogens with zero attached hydrogens (tertiary/aromatic N) is 3. The van der Waals surface area contributed by atoms with Crippen molar-refractivity contribution in [2.75, 3.05) is 12.4 Å². The predicted octanol–water partition coefficient (Wildman–Crippen LogP) is 3.54. The molecule has 2 aromatic rings. The van der Waals surface area contributed by atoms with Crippen molar-refractivity contribution >= 4 is 27.6 Å². The standard InChI is InChI=1S/C17H17BrN4O2/c1-24-16-5-2-10(6-13(16)18)21-17(23)22-11-3-4-15(22)12-8-19-9-20-14(12)7-11/h2,5-6,8-9,11,15H,3-4,7H2,1H3,(H,21,23). The molecule has 2 unspecified atom stereocenters. The third-order valence-electron chi connectivity index (χ3n) is 4.76. The van der Waals surface area contributed by atoms with Gasteiger partial charge in [-0.15, -0.1) is 0 Å². The van der Waals surface area contributed by atoms with Gasteiger partial charge in [-0.25, -0.2) is 14.8 Å². The van der Waals surface area contributed by atoms with Gasteiger partial charge in [-0.2, -0.15) is 0 Å². The fourth-order valence-corrected chi connectivity index (χ4v) is 4.21. The highest BCUT2D eigenvalue weighted by Gasteiger charge is 2.43. The van der Waals surface area contributed by atoms with Gasteiger partial charge in [-0.1, -0.05) is 0 Å². The van der Waals surface area contributed by atoms with Gasteiger partial charge in [0, 0.05) is 29.9 Å². The van der Waals surface area contributed by atoms with Crippen LogP contribution in [0.1, 0.15) is 30.1 Å². The molecule has 1 aromatic heterocycles. The van der Waals surface area contributed by atoms with Gasteiger partial charge in [0.1, 0.15) is 12.1 Å². The molecule has 7 heteroatoms. The number of amides is 2. The Balaban J connectivity index is 1.56. The molecule has 2 atom stereocenters. The molecule has 4 rings (SSSR count). The Hall–Kier alpha value is -2.15. The van der Waals surface area contributed by atoms with Crippen molar-refractivity contribution in [3.63, 3.8) is 0 Å². The molecule has 0 aliphatic carbocycles. The lowest BCUT2D eigenvalue weighted by Gasteiger charge is -2.35. The van der Waals surface area contributed by atoms with Crippen LogP contribution in [-0.4, -0.2) is 34.1 Å². The van der Waals surface area contributed by atoms with E-state index >= 15 is 0 Å². The number of halogens is 1. The monoisotopic (exact) mass is 388 g/mol. The number of hydrogen-bond acceptors (Lipinski definition) is 4. The largest absolute Gasteiger partial charge is 0.496 e. The van der Waals surface area contributed by atoms with Gasteiger partial charge in [-0.05, 0) is 47.0 Å². The van der Waals surface area contributed by atoms with Crippen molar-refractivity contribution in [1.29, 1.82) is 0 Å². The first-order valence-corrected chi connectivity index (χ1v) is 8.68. The first kappa shape index (κ1) is 15.4. The van der Waals surface area contributed by atoms with E-state index in [0.717, 1.165) is 46.4 Å². The molecule has 2 amide bonds. The molecule has 24 heavy (non-hydrogen) atoms.